The summed E-state index contributed by atoms with van der Waals surface area (Å²) in [6.45, 7) is 5.53. The number of benzene rings is 1. The van der Waals surface area contributed by atoms with E-state index in [1.165, 1.54) is 12.0 Å². The standard InChI is InChI=1S/C23H24F2N4O5Si/c1-33-19-6-5-13-16(27-19)7-8-29(23(32)17-11-18(30)28-34-17)20(13)22(31)26-12-9-14(24)21(15(25)10-12)35(2,3)4/h5-6,9-11,20H,7-8H2,1-4H3,(H,26,31)(H,28,30)/t20-/m0/s1. The fourth-order valence-corrected chi connectivity index (χ4v) is 5.76. The van der Waals surface area contributed by atoms with Gasteiger partial charge in [-0.3, -0.25) is 14.4 Å². The number of aromatic nitrogens is 2. The molecule has 0 bridgehead atoms. The predicted molar refractivity (Wildman–Crippen MR) is 126 cm³/mol. The fraction of sp³-hybridized carbons (Fsp3) is 0.304. The summed E-state index contributed by atoms with van der Waals surface area (Å²) in [6.07, 6.45) is 0.310. The van der Waals surface area contributed by atoms with E-state index in [9.17, 15) is 23.2 Å². The van der Waals surface area contributed by atoms with Gasteiger partial charge in [0.2, 0.25) is 11.6 Å². The number of carbonyl (C=O) groups excluding carboxylic acids is 2. The molecule has 35 heavy (non-hydrogen) atoms. The van der Waals surface area contributed by atoms with Gasteiger partial charge in [0.1, 0.15) is 17.7 Å². The molecule has 0 fully saturated rings. The van der Waals surface area contributed by atoms with Crippen molar-refractivity contribution in [1.82, 2.24) is 15.0 Å². The minimum absolute atomic E-state index is 0.0362. The number of nitrogens with zero attached hydrogens (tertiary/aromatic N) is 2. The molecule has 1 atom stereocenters. The van der Waals surface area contributed by atoms with Crippen LogP contribution in [0.2, 0.25) is 19.6 Å². The number of carbonyl (C=O) groups is 2. The van der Waals surface area contributed by atoms with Crippen LogP contribution in [0, 0.1) is 11.6 Å². The van der Waals surface area contributed by atoms with Crippen molar-refractivity contribution in [2.45, 2.75) is 32.1 Å². The first-order valence-corrected chi connectivity index (χ1v) is 14.3. The molecule has 0 unspecified atom stereocenters. The first-order chi connectivity index (χ1) is 16.5. The molecular weight excluding hydrogens is 478 g/mol. The van der Waals surface area contributed by atoms with Crippen LogP contribution in [0.4, 0.5) is 14.5 Å². The Kier molecular flexibility index (Phi) is 6.32. The number of methoxy groups -OCH3 is 1. The van der Waals surface area contributed by atoms with E-state index in [2.05, 4.69) is 10.3 Å². The van der Waals surface area contributed by atoms with E-state index in [1.54, 1.807) is 12.1 Å². The summed E-state index contributed by atoms with van der Waals surface area (Å²) in [4.78, 5) is 43.6. The van der Waals surface area contributed by atoms with Crippen LogP contribution in [-0.2, 0) is 11.2 Å². The smallest absolute Gasteiger partial charge is 0.293 e. The maximum Gasteiger partial charge on any atom is 0.293 e. The normalized spacial score (nSPS) is 15.5. The molecule has 0 aliphatic carbocycles. The number of rotatable bonds is 5. The summed E-state index contributed by atoms with van der Waals surface area (Å²) < 4.78 is 39.6. The van der Waals surface area contributed by atoms with Gasteiger partial charge in [-0.1, -0.05) is 19.6 Å². The van der Waals surface area contributed by atoms with Gasteiger partial charge in [0.15, 0.2) is 0 Å². The van der Waals surface area contributed by atoms with Crippen LogP contribution in [0.5, 0.6) is 5.88 Å². The number of pyridine rings is 1. The molecule has 1 aliphatic heterocycles. The molecule has 2 amide bonds. The number of hydrogen-bond donors (Lipinski definition) is 2. The molecule has 12 heteroatoms. The van der Waals surface area contributed by atoms with Crippen molar-refractivity contribution >= 4 is 30.8 Å². The Balaban J connectivity index is 1.72. The highest BCUT2D eigenvalue weighted by Gasteiger charge is 2.39. The number of fused-ring (bicyclic) bond motifs is 1. The minimum atomic E-state index is -2.31. The first-order valence-electron chi connectivity index (χ1n) is 10.8. The Morgan fingerprint density at radius 1 is 1.20 bits per heavy atom. The van der Waals surface area contributed by atoms with Crippen LogP contribution >= 0.6 is 0 Å². The Morgan fingerprint density at radius 2 is 1.89 bits per heavy atom. The third-order valence-electron chi connectivity index (χ3n) is 5.69. The number of H-pyrrole nitrogens is 1. The molecule has 2 aromatic heterocycles. The van der Waals surface area contributed by atoms with Crippen LogP contribution < -0.4 is 20.8 Å². The number of hydrogen-bond acceptors (Lipinski definition) is 6. The van der Waals surface area contributed by atoms with Gasteiger partial charge in [-0.05, 0) is 18.2 Å². The zero-order chi connectivity index (χ0) is 25.5. The molecule has 3 aromatic rings. The van der Waals surface area contributed by atoms with Crippen molar-refractivity contribution in [1.29, 1.82) is 0 Å². The van der Waals surface area contributed by atoms with Crippen molar-refractivity contribution in [3.05, 3.63) is 69.3 Å². The summed E-state index contributed by atoms with van der Waals surface area (Å²) in [5, 5.41) is 4.61. The molecule has 4 rings (SSSR count). The number of amides is 2. The molecule has 1 aliphatic rings. The zero-order valence-electron chi connectivity index (χ0n) is 19.6. The second-order valence-electron chi connectivity index (χ2n) is 9.17. The van der Waals surface area contributed by atoms with Crippen LogP contribution in [0.25, 0.3) is 0 Å². The summed E-state index contributed by atoms with van der Waals surface area (Å²) >= 11 is 0. The van der Waals surface area contributed by atoms with Crippen LogP contribution in [0.3, 0.4) is 0 Å². The van der Waals surface area contributed by atoms with E-state index in [1.807, 2.05) is 24.8 Å². The SMILES string of the molecule is COc1ccc2c(n1)CCN(C(=O)c1cc(=O)[nH]o1)[C@@H]2C(=O)Nc1cc(F)c([Si](C)(C)C)c(F)c1. The highest BCUT2D eigenvalue weighted by Crippen LogP contribution is 2.32. The molecule has 3 heterocycles. The zero-order valence-corrected chi connectivity index (χ0v) is 20.6. The van der Waals surface area contributed by atoms with Crippen molar-refractivity contribution in [2.75, 3.05) is 19.0 Å². The lowest BCUT2D eigenvalue weighted by Gasteiger charge is -2.35. The van der Waals surface area contributed by atoms with E-state index in [0.717, 1.165) is 18.2 Å². The quantitative estimate of drug-likeness (QED) is 0.518. The molecule has 0 radical (unpaired) electrons. The highest BCUT2D eigenvalue weighted by atomic mass is 28.3. The Labute approximate surface area is 200 Å². The molecule has 0 saturated heterocycles. The molecule has 2 N–H and O–H groups in total. The van der Waals surface area contributed by atoms with Gasteiger partial charge < -0.3 is 19.5 Å². The van der Waals surface area contributed by atoms with E-state index in [4.69, 9.17) is 9.26 Å². The van der Waals surface area contributed by atoms with Gasteiger partial charge in [-0.25, -0.2) is 13.8 Å². The molecular formula is C23H24F2N4O5Si. The molecule has 9 nitrogen and oxygen atoms in total. The van der Waals surface area contributed by atoms with E-state index in [0.29, 0.717) is 23.6 Å². The average Bonchev–Trinajstić information content (AvgIpc) is 3.22. The first kappa shape index (κ1) is 24.3. The second-order valence-corrected chi connectivity index (χ2v) is 14.2. The fourth-order valence-electron chi connectivity index (χ4n) is 4.18. The maximum atomic E-state index is 14.8. The third kappa shape index (κ3) is 4.74. The van der Waals surface area contributed by atoms with Crippen LogP contribution in [0.1, 0.15) is 27.9 Å². The molecule has 0 spiro atoms. The largest absolute Gasteiger partial charge is 0.481 e. The molecule has 0 saturated carbocycles. The van der Waals surface area contributed by atoms with E-state index < -0.39 is 43.1 Å². The van der Waals surface area contributed by atoms with Gasteiger partial charge in [0.05, 0.1) is 26.9 Å². The monoisotopic (exact) mass is 502 g/mol. The van der Waals surface area contributed by atoms with Gasteiger partial charge >= 0.3 is 0 Å². The van der Waals surface area contributed by atoms with E-state index in [-0.39, 0.29) is 23.2 Å². The van der Waals surface area contributed by atoms with Crippen molar-refractivity contribution in [3.8, 4) is 5.88 Å². The number of halogens is 2. The second kappa shape index (κ2) is 9.10. The average molecular weight is 503 g/mol. The summed E-state index contributed by atoms with van der Waals surface area (Å²) in [6, 6.07) is 5.08. The van der Waals surface area contributed by atoms with Crippen LogP contribution in [-0.4, -0.2) is 48.6 Å². The minimum Gasteiger partial charge on any atom is -0.481 e. The lowest BCUT2D eigenvalue weighted by molar-refractivity contribution is -0.121. The van der Waals surface area contributed by atoms with Gasteiger partial charge in [0.25, 0.3) is 17.4 Å². The van der Waals surface area contributed by atoms with E-state index >= 15 is 0 Å². The summed E-state index contributed by atoms with van der Waals surface area (Å²) in [7, 11) is -0.853. The topological polar surface area (TPSA) is 118 Å². The van der Waals surface area contributed by atoms with Crippen LogP contribution in [0.15, 0.2) is 39.6 Å². The van der Waals surface area contributed by atoms with Gasteiger partial charge in [-0.2, -0.15) is 5.16 Å². The maximum absolute atomic E-state index is 14.8. The summed E-state index contributed by atoms with van der Waals surface area (Å²) in [5.41, 5.74) is 0.267. The lowest BCUT2D eigenvalue weighted by atomic mass is 9.95. The predicted octanol–water partition coefficient (Wildman–Crippen LogP) is 2.57. The molecule has 184 valence electrons. The molecule has 1 aromatic carbocycles. The number of nitrogens with one attached hydrogen (secondary N) is 2. The van der Waals surface area contributed by atoms with Gasteiger partial charge in [-0.15, -0.1) is 0 Å². The lowest BCUT2D eigenvalue weighted by Crippen LogP contribution is -2.46. The highest BCUT2D eigenvalue weighted by molar-refractivity contribution is 6.88. The van der Waals surface area contributed by atoms with Gasteiger partial charge in [0, 0.05) is 35.5 Å². The number of aromatic amines is 1. The summed E-state index contributed by atoms with van der Waals surface area (Å²) in [5.74, 6) is -2.81. The van der Waals surface area contributed by atoms with Crippen molar-refractivity contribution in [2.24, 2.45) is 0 Å². The number of ether oxygens (including phenoxy) is 1. The number of anilines is 1. The third-order valence-corrected chi connectivity index (χ3v) is 7.67. The van der Waals surface area contributed by atoms with Crippen molar-refractivity contribution in [3.63, 3.8) is 0 Å². The Hall–Kier alpha value is -3.80. The Bertz CT molecular complexity index is 1340. The van der Waals surface area contributed by atoms with Crippen molar-refractivity contribution < 1.29 is 27.6 Å². The Morgan fingerprint density at radius 3 is 2.46 bits per heavy atom.